The summed E-state index contributed by atoms with van der Waals surface area (Å²) in [7, 11) is 0. The average molecular weight is 687 g/mol. The van der Waals surface area contributed by atoms with Gasteiger partial charge in [0.2, 0.25) is 0 Å². The highest BCUT2D eigenvalue weighted by Gasteiger charge is 2.18. The van der Waals surface area contributed by atoms with Gasteiger partial charge in [0.05, 0.1) is 27.8 Å². The maximum Gasteiger partial charge on any atom is 0.0547 e. The molecule has 0 fully saturated rings. The monoisotopic (exact) mass is 686 g/mol. The van der Waals surface area contributed by atoms with Gasteiger partial charge < -0.3 is 9.13 Å². The number of fused-ring (bicyclic) bond motifs is 7. The molecule has 54 heavy (non-hydrogen) atoms. The van der Waals surface area contributed by atoms with E-state index in [9.17, 15) is 0 Å². The van der Waals surface area contributed by atoms with Crippen LogP contribution in [0.25, 0.3) is 99.1 Å². The van der Waals surface area contributed by atoms with Crippen molar-refractivity contribution in [2.75, 3.05) is 0 Å². The molecule has 0 aliphatic heterocycles. The first-order chi connectivity index (χ1) is 26.8. The Balaban J connectivity index is 1.09. The zero-order valence-corrected chi connectivity index (χ0v) is 29.5. The number of aromatic nitrogens is 2. The minimum atomic E-state index is 1.16. The van der Waals surface area contributed by atoms with Crippen molar-refractivity contribution >= 4 is 54.4 Å². The second-order valence-corrected chi connectivity index (χ2v) is 14.1. The largest absolute Gasteiger partial charge is 0.309 e. The van der Waals surface area contributed by atoms with Crippen molar-refractivity contribution in [1.29, 1.82) is 0 Å². The molecule has 0 spiro atoms. The zero-order chi connectivity index (χ0) is 35.6. The van der Waals surface area contributed by atoms with Crippen molar-refractivity contribution < 1.29 is 0 Å². The zero-order valence-electron chi connectivity index (χ0n) is 29.5. The molecule has 0 saturated carbocycles. The molecule has 0 aliphatic carbocycles. The summed E-state index contributed by atoms with van der Waals surface area (Å²) >= 11 is 0. The molecule has 0 radical (unpaired) electrons. The molecule has 0 amide bonds. The first-order valence-electron chi connectivity index (χ1n) is 18.6. The number of para-hydroxylation sites is 3. The highest BCUT2D eigenvalue weighted by Crippen LogP contribution is 2.40. The normalized spacial score (nSPS) is 11.7. The molecule has 2 heteroatoms. The number of benzene rings is 9. The van der Waals surface area contributed by atoms with E-state index in [2.05, 4.69) is 215 Å². The molecule has 11 aromatic rings. The Bertz CT molecular complexity index is 3210. The fourth-order valence-electron chi connectivity index (χ4n) is 8.66. The molecule has 2 aromatic heterocycles. The molecule has 0 bridgehead atoms. The summed E-state index contributed by atoms with van der Waals surface area (Å²) in [6.07, 6.45) is 0. The molecule has 0 saturated heterocycles. The van der Waals surface area contributed by atoms with E-state index in [4.69, 9.17) is 0 Å². The quantitative estimate of drug-likeness (QED) is 0.171. The molecule has 0 unspecified atom stereocenters. The van der Waals surface area contributed by atoms with E-state index in [0.717, 1.165) is 5.69 Å². The van der Waals surface area contributed by atoms with E-state index in [1.807, 2.05) is 0 Å². The Labute approximate surface area is 313 Å². The molecular weight excluding hydrogens is 653 g/mol. The van der Waals surface area contributed by atoms with Gasteiger partial charge >= 0.3 is 0 Å². The third-order valence-electron chi connectivity index (χ3n) is 11.1. The summed E-state index contributed by atoms with van der Waals surface area (Å²) in [5, 5.41) is 7.52. The van der Waals surface area contributed by atoms with Gasteiger partial charge in [-0.2, -0.15) is 0 Å². The van der Waals surface area contributed by atoms with Crippen LogP contribution in [0.3, 0.4) is 0 Å². The summed E-state index contributed by atoms with van der Waals surface area (Å²) in [6.45, 7) is 0. The van der Waals surface area contributed by atoms with Gasteiger partial charge in [-0.3, -0.25) is 0 Å². The van der Waals surface area contributed by atoms with Crippen molar-refractivity contribution in [3.05, 3.63) is 206 Å². The van der Waals surface area contributed by atoms with Crippen LogP contribution in [0.4, 0.5) is 0 Å². The summed E-state index contributed by atoms with van der Waals surface area (Å²) < 4.78 is 4.87. The van der Waals surface area contributed by atoms with Gasteiger partial charge in [0.15, 0.2) is 0 Å². The molecule has 11 rings (SSSR count). The molecule has 0 N–H and O–H groups in total. The Morgan fingerprint density at radius 3 is 1.70 bits per heavy atom. The van der Waals surface area contributed by atoms with Gasteiger partial charge in [0, 0.05) is 32.8 Å². The second-order valence-electron chi connectivity index (χ2n) is 14.1. The van der Waals surface area contributed by atoms with E-state index in [0.29, 0.717) is 0 Å². The Morgan fingerprint density at radius 2 is 0.833 bits per heavy atom. The van der Waals surface area contributed by atoms with E-state index < -0.39 is 0 Å². The molecule has 2 heterocycles. The summed E-state index contributed by atoms with van der Waals surface area (Å²) in [5.41, 5.74) is 14.4. The van der Waals surface area contributed by atoms with Crippen molar-refractivity contribution in [1.82, 2.24) is 9.13 Å². The van der Waals surface area contributed by atoms with Gasteiger partial charge in [0.25, 0.3) is 0 Å². The Morgan fingerprint density at radius 1 is 0.259 bits per heavy atom. The van der Waals surface area contributed by atoms with Crippen molar-refractivity contribution in [2.24, 2.45) is 0 Å². The molecule has 2 nitrogen and oxygen atoms in total. The van der Waals surface area contributed by atoms with Gasteiger partial charge in [-0.15, -0.1) is 0 Å². The third-order valence-corrected chi connectivity index (χ3v) is 11.1. The van der Waals surface area contributed by atoms with E-state index in [1.165, 1.54) is 93.5 Å². The number of hydrogen-bond acceptors (Lipinski definition) is 0. The second kappa shape index (κ2) is 12.2. The van der Waals surface area contributed by atoms with Gasteiger partial charge in [-0.05, 0) is 87.1 Å². The van der Waals surface area contributed by atoms with Gasteiger partial charge in [-0.25, -0.2) is 0 Å². The lowest BCUT2D eigenvalue weighted by Crippen LogP contribution is -1.97. The standard InChI is InChI=1S/C52H34N2/c1-2-14-36(15-3-1)43-21-6-9-25-48(43)54-50-27-11-7-22-44(50)46-30-28-38(34-52(46)54)37-29-31-51-47(33-37)45-23-8-10-26-49(45)53(51)40-19-12-18-39(32-40)42-24-13-17-35-16-4-5-20-41(35)42/h1-34H. The van der Waals surface area contributed by atoms with Crippen molar-refractivity contribution in [3.8, 4) is 44.8 Å². The van der Waals surface area contributed by atoms with Crippen molar-refractivity contribution in [3.63, 3.8) is 0 Å². The Kier molecular flexibility index (Phi) is 6.90. The first kappa shape index (κ1) is 30.5. The van der Waals surface area contributed by atoms with E-state index >= 15 is 0 Å². The van der Waals surface area contributed by atoms with Crippen LogP contribution < -0.4 is 0 Å². The fraction of sp³-hybridized carbons (Fsp3) is 0. The third kappa shape index (κ3) is 4.74. The molecule has 252 valence electrons. The van der Waals surface area contributed by atoms with Gasteiger partial charge in [0.1, 0.15) is 0 Å². The first-order valence-corrected chi connectivity index (χ1v) is 18.6. The van der Waals surface area contributed by atoms with Crippen LogP contribution in [-0.4, -0.2) is 9.13 Å². The van der Waals surface area contributed by atoms with Crippen LogP contribution >= 0.6 is 0 Å². The Hall–Kier alpha value is -7.16. The number of nitrogens with zero attached hydrogens (tertiary/aromatic N) is 2. The molecule has 0 aliphatic rings. The van der Waals surface area contributed by atoms with E-state index in [1.54, 1.807) is 0 Å². The maximum atomic E-state index is 2.45. The van der Waals surface area contributed by atoms with Gasteiger partial charge in [-0.1, -0.05) is 158 Å². The minimum Gasteiger partial charge on any atom is -0.309 e. The van der Waals surface area contributed by atoms with Crippen LogP contribution in [0.5, 0.6) is 0 Å². The lowest BCUT2D eigenvalue weighted by atomic mass is 9.98. The molecule has 9 aromatic carbocycles. The summed E-state index contributed by atoms with van der Waals surface area (Å²) in [4.78, 5) is 0. The minimum absolute atomic E-state index is 1.16. The van der Waals surface area contributed by atoms with E-state index in [-0.39, 0.29) is 0 Å². The average Bonchev–Trinajstić information content (AvgIpc) is 3.76. The lowest BCUT2D eigenvalue weighted by Gasteiger charge is -2.14. The van der Waals surface area contributed by atoms with Crippen LogP contribution in [0, 0.1) is 0 Å². The molecule has 0 atom stereocenters. The van der Waals surface area contributed by atoms with Crippen LogP contribution in [0.15, 0.2) is 206 Å². The van der Waals surface area contributed by atoms with Crippen LogP contribution in [-0.2, 0) is 0 Å². The highest BCUT2D eigenvalue weighted by molar-refractivity contribution is 6.13. The van der Waals surface area contributed by atoms with Crippen molar-refractivity contribution in [2.45, 2.75) is 0 Å². The SMILES string of the molecule is c1ccc(-c2ccccc2-n2c3ccccc3c3ccc(-c4ccc5c(c4)c4ccccc4n5-c4cccc(-c5cccc6ccccc56)c4)cc32)cc1. The van der Waals surface area contributed by atoms with Crippen LogP contribution in [0.2, 0.25) is 0 Å². The highest BCUT2D eigenvalue weighted by atomic mass is 15.0. The number of hydrogen-bond donors (Lipinski definition) is 0. The predicted molar refractivity (Wildman–Crippen MR) is 229 cm³/mol. The predicted octanol–water partition coefficient (Wildman–Crippen LogP) is 14.0. The molecular formula is C52H34N2. The maximum absolute atomic E-state index is 2.45. The lowest BCUT2D eigenvalue weighted by molar-refractivity contribution is 1.18. The smallest absolute Gasteiger partial charge is 0.0547 e. The summed E-state index contributed by atoms with van der Waals surface area (Å²) in [5.74, 6) is 0. The van der Waals surface area contributed by atoms with Crippen LogP contribution in [0.1, 0.15) is 0 Å². The number of rotatable bonds is 5. The topological polar surface area (TPSA) is 9.86 Å². The fourth-order valence-corrected chi connectivity index (χ4v) is 8.66. The summed E-state index contributed by atoms with van der Waals surface area (Å²) in [6, 6.07) is 75.2.